The molecular weight excluding hydrogens is 341 g/mol. The van der Waals surface area contributed by atoms with Crippen LogP contribution in [0.15, 0.2) is 60.6 Å². The Morgan fingerprint density at radius 2 is 2.00 bits per heavy atom. The van der Waals surface area contributed by atoms with Crippen LogP contribution in [0.4, 0.5) is 4.39 Å². The summed E-state index contributed by atoms with van der Waals surface area (Å²) in [5.41, 5.74) is 4.85. The van der Waals surface area contributed by atoms with Gasteiger partial charge in [-0.05, 0) is 72.7 Å². The number of fused-ring (bicyclic) bond motifs is 1. The molecule has 1 unspecified atom stereocenters. The second kappa shape index (κ2) is 6.74. The monoisotopic (exact) mass is 363 g/mol. The van der Waals surface area contributed by atoms with Crippen molar-refractivity contribution in [1.29, 1.82) is 0 Å². The van der Waals surface area contributed by atoms with Crippen molar-refractivity contribution in [2.24, 2.45) is 5.41 Å². The third-order valence-electron chi connectivity index (χ3n) is 5.56. The first-order chi connectivity index (χ1) is 13.0. The number of aliphatic hydroxyl groups is 1. The van der Waals surface area contributed by atoms with Crippen LogP contribution in [0, 0.1) is 11.2 Å². The van der Waals surface area contributed by atoms with Gasteiger partial charge in [-0.1, -0.05) is 18.6 Å². The molecule has 0 spiro atoms. The van der Waals surface area contributed by atoms with E-state index in [1.807, 2.05) is 23.0 Å². The van der Waals surface area contributed by atoms with Gasteiger partial charge in [0.05, 0.1) is 23.7 Å². The van der Waals surface area contributed by atoms with Gasteiger partial charge in [-0.2, -0.15) is 5.10 Å². The maximum atomic E-state index is 13.2. The van der Waals surface area contributed by atoms with Gasteiger partial charge >= 0.3 is 0 Å². The van der Waals surface area contributed by atoms with Gasteiger partial charge in [0.25, 0.3) is 0 Å². The van der Waals surface area contributed by atoms with Gasteiger partial charge in [0.15, 0.2) is 0 Å². The quantitative estimate of drug-likeness (QED) is 0.743. The highest BCUT2D eigenvalue weighted by Gasteiger charge is 2.35. The number of halogens is 1. The van der Waals surface area contributed by atoms with Gasteiger partial charge < -0.3 is 5.11 Å². The van der Waals surface area contributed by atoms with Gasteiger partial charge in [-0.15, -0.1) is 0 Å². The van der Waals surface area contributed by atoms with E-state index in [0.29, 0.717) is 6.42 Å². The fraction of sp³-hybridized carbons (Fsp3) is 0.273. The molecule has 2 aromatic heterocycles. The molecule has 0 aliphatic heterocycles. The fourth-order valence-electron chi connectivity index (χ4n) is 3.76. The Labute approximate surface area is 158 Å². The Morgan fingerprint density at radius 3 is 2.70 bits per heavy atom. The Hall–Kier alpha value is -2.79. The molecular formula is C22H22FN3O. The summed E-state index contributed by atoms with van der Waals surface area (Å²) in [4.78, 5) is 4.10. The maximum absolute atomic E-state index is 13.2. The molecule has 0 fully saturated rings. The van der Waals surface area contributed by atoms with Gasteiger partial charge in [-0.3, -0.25) is 4.98 Å². The lowest BCUT2D eigenvalue weighted by Gasteiger charge is -2.36. The van der Waals surface area contributed by atoms with Crippen LogP contribution in [0.3, 0.4) is 0 Å². The second-order valence-corrected chi connectivity index (χ2v) is 7.51. The van der Waals surface area contributed by atoms with Gasteiger partial charge in [0.2, 0.25) is 0 Å². The molecule has 0 saturated carbocycles. The van der Waals surface area contributed by atoms with Crippen molar-refractivity contribution in [2.45, 2.75) is 32.8 Å². The highest BCUT2D eigenvalue weighted by Crippen LogP contribution is 2.44. The molecule has 4 rings (SSSR count). The number of nitrogens with zero attached hydrogens (tertiary/aromatic N) is 3. The summed E-state index contributed by atoms with van der Waals surface area (Å²) in [6, 6.07) is 10.1. The summed E-state index contributed by atoms with van der Waals surface area (Å²) in [7, 11) is 0. The van der Waals surface area contributed by atoms with E-state index in [1.165, 1.54) is 17.7 Å². The Bertz CT molecular complexity index is 979. The standard InChI is InChI=1S/C22H22FN3O/c1-15-10-20-17(14-25-26(20)19-7-5-18(23)6-8-19)11-22(15,2)12-21(27)16-4-3-9-24-13-16/h3-10,13-14,21,27H,11-12H2,1-2H3/t21?,22-/m1/s1. The van der Waals surface area contributed by atoms with E-state index in [2.05, 4.69) is 30.0 Å². The molecule has 27 heavy (non-hydrogen) atoms. The van der Waals surface area contributed by atoms with Crippen LogP contribution in [0.5, 0.6) is 0 Å². The van der Waals surface area contributed by atoms with Crippen LogP contribution < -0.4 is 0 Å². The molecule has 138 valence electrons. The Balaban J connectivity index is 1.63. The predicted octanol–water partition coefficient (Wildman–Crippen LogP) is 4.50. The number of hydrogen-bond donors (Lipinski definition) is 1. The average molecular weight is 363 g/mol. The second-order valence-electron chi connectivity index (χ2n) is 7.51. The molecule has 0 saturated heterocycles. The normalized spacial score (nSPS) is 20.1. The molecule has 3 aromatic rings. The Kier molecular flexibility index (Phi) is 4.40. The minimum absolute atomic E-state index is 0.168. The minimum Gasteiger partial charge on any atom is -0.388 e. The molecule has 2 atom stereocenters. The molecule has 0 amide bonds. The molecule has 5 heteroatoms. The molecule has 1 aliphatic carbocycles. The summed E-state index contributed by atoms with van der Waals surface area (Å²) in [5, 5.41) is 15.2. The van der Waals surface area contributed by atoms with Gasteiger partial charge in [0, 0.05) is 12.4 Å². The molecule has 0 bridgehead atoms. The smallest absolute Gasteiger partial charge is 0.123 e. The average Bonchev–Trinajstić information content (AvgIpc) is 3.05. The van der Waals surface area contributed by atoms with E-state index in [9.17, 15) is 9.50 Å². The van der Waals surface area contributed by atoms with Gasteiger partial charge in [0.1, 0.15) is 5.82 Å². The molecule has 4 nitrogen and oxygen atoms in total. The molecule has 0 radical (unpaired) electrons. The minimum atomic E-state index is -0.569. The maximum Gasteiger partial charge on any atom is 0.123 e. The summed E-state index contributed by atoms with van der Waals surface area (Å²) < 4.78 is 15.1. The van der Waals surface area contributed by atoms with E-state index in [1.54, 1.807) is 24.5 Å². The number of rotatable bonds is 4. The molecule has 1 aliphatic rings. The molecule has 2 heterocycles. The van der Waals surface area contributed by atoms with E-state index < -0.39 is 6.10 Å². The van der Waals surface area contributed by atoms with E-state index in [-0.39, 0.29) is 11.2 Å². The van der Waals surface area contributed by atoms with Crippen molar-refractivity contribution in [1.82, 2.24) is 14.8 Å². The zero-order chi connectivity index (χ0) is 19.0. The van der Waals surface area contributed by atoms with E-state index >= 15 is 0 Å². The van der Waals surface area contributed by atoms with E-state index in [0.717, 1.165) is 28.9 Å². The summed E-state index contributed by atoms with van der Waals surface area (Å²) in [6.07, 6.45) is 8.27. The molecule has 1 aromatic carbocycles. The van der Waals surface area contributed by atoms with Crippen molar-refractivity contribution in [3.8, 4) is 5.69 Å². The van der Waals surface area contributed by atoms with Crippen LogP contribution in [-0.2, 0) is 6.42 Å². The van der Waals surface area contributed by atoms with Crippen molar-refractivity contribution in [3.05, 3.63) is 83.2 Å². The highest BCUT2D eigenvalue weighted by molar-refractivity contribution is 5.60. The number of benzene rings is 1. The lowest BCUT2D eigenvalue weighted by molar-refractivity contribution is 0.121. The highest BCUT2D eigenvalue weighted by atomic mass is 19.1. The lowest BCUT2D eigenvalue weighted by atomic mass is 9.70. The molecule has 1 N–H and O–H groups in total. The van der Waals surface area contributed by atoms with Crippen LogP contribution >= 0.6 is 0 Å². The third kappa shape index (κ3) is 3.30. The first-order valence-electron chi connectivity index (χ1n) is 9.06. The summed E-state index contributed by atoms with van der Waals surface area (Å²) in [5.74, 6) is -0.261. The van der Waals surface area contributed by atoms with Crippen molar-refractivity contribution >= 4 is 6.08 Å². The largest absolute Gasteiger partial charge is 0.388 e. The van der Waals surface area contributed by atoms with E-state index in [4.69, 9.17) is 0 Å². The van der Waals surface area contributed by atoms with Crippen LogP contribution in [-0.4, -0.2) is 19.9 Å². The fourth-order valence-corrected chi connectivity index (χ4v) is 3.76. The third-order valence-corrected chi connectivity index (χ3v) is 5.56. The number of aromatic nitrogens is 3. The van der Waals surface area contributed by atoms with Crippen molar-refractivity contribution < 1.29 is 9.50 Å². The van der Waals surface area contributed by atoms with Crippen molar-refractivity contribution in [2.75, 3.05) is 0 Å². The zero-order valence-electron chi connectivity index (χ0n) is 15.4. The van der Waals surface area contributed by atoms with Crippen LogP contribution in [0.2, 0.25) is 0 Å². The topological polar surface area (TPSA) is 50.9 Å². The van der Waals surface area contributed by atoms with Gasteiger partial charge in [-0.25, -0.2) is 9.07 Å². The number of hydrogen-bond acceptors (Lipinski definition) is 3. The number of pyridine rings is 1. The first kappa shape index (κ1) is 17.6. The predicted molar refractivity (Wildman–Crippen MR) is 103 cm³/mol. The number of allylic oxidation sites excluding steroid dienone is 1. The van der Waals surface area contributed by atoms with Crippen molar-refractivity contribution in [3.63, 3.8) is 0 Å². The first-order valence-corrected chi connectivity index (χ1v) is 9.06. The van der Waals surface area contributed by atoms with Crippen LogP contribution in [0.25, 0.3) is 11.8 Å². The lowest BCUT2D eigenvalue weighted by Crippen LogP contribution is -2.27. The van der Waals surface area contributed by atoms with Crippen LogP contribution in [0.1, 0.15) is 43.2 Å². The Morgan fingerprint density at radius 1 is 1.22 bits per heavy atom. The zero-order valence-corrected chi connectivity index (χ0v) is 15.4. The number of aliphatic hydroxyl groups excluding tert-OH is 1. The SMILES string of the molecule is CC1=Cc2c(cnn2-c2ccc(F)cc2)C[C@]1(C)CC(O)c1cccnc1. The summed E-state index contributed by atoms with van der Waals surface area (Å²) >= 11 is 0. The summed E-state index contributed by atoms with van der Waals surface area (Å²) in [6.45, 7) is 4.28.